The van der Waals surface area contributed by atoms with E-state index in [2.05, 4.69) is 20.8 Å². The molecular weight excluding hydrogens is 470 g/mol. The number of carbonyl (C=O) groups excluding carboxylic acids is 2. The first-order valence-corrected chi connectivity index (χ1v) is 11.5. The van der Waals surface area contributed by atoms with Gasteiger partial charge < -0.3 is 29.4 Å². The first-order chi connectivity index (χ1) is 16.9. The van der Waals surface area contributed by atoms with Crippen LogP contribution in [0.15, 0.2) is 53.7 Å². The van der Waals surface area contributed by atoms with Gasteiger partial charge in [0.05, 0.1) is 33.6 Å². The second-order valence-electron chi connectivity index (χ2n) is 7.19. The van der Waals surface area contributed by atoms with Crippen molar-refractivity contribution in [1.29, 1.82) is 0 Å². The first-order valence-electron chi connectivity index (χ1n) is 10.6. The van der Waals surface area contributed by atoms with Crippen LogP contribution in [0.4, 0.5) is 5.69 Å². The van der Waals surface area contributed by atoms with E-state index in [4.69, 9.17) is 14.2 Å². The van der Waals surface area contributed by atoms with E-state index in [9.17, 15) is 9.59 Å². The van der Waals surface area contributed by atoms with Gasteiger partial charge in [0.2, 0.25) is 11.8 Å². The Morgan fingerprint density at radius 1 is 1.03 bits per heavy atom. The maximum absolute atomic E-state index is 12.3. The summed E-state index contributed by atoms with van der Waals surface area (Å²) in [5.41, 5.74) is 1.44. The Bertz CT molecular complexity index is 1210. The van der Waals surface area contributed by atoms with Crippen molar-refractivity contribution < 1.29 is 23.8 Å². The number of amides is 2. The molecule has 11 heteroatoms. The molecule has 0 fully saturated rings. The third kappa shape index (κ3) is 7.24. The van der Waals surface area contributed by atoms with E-state index < -0.39 is 0 Å². The normalized spacial score (nSPS) is 10.7. The number of nitrogens with one attached hydrogen (secondary N) is 2. The molecule has 3 aromatic rings. The van der Waals surface area contributed by atoms with Crippen LogP contribution < -0.4 is 24.8 Å². The molecule has 0 aliphatic rings. The summed E-state index contributed by atoms with van der Waals surface area (Å²) in [5, 5.41) is 14.4. The van der Waals surface area contributed by atoms with Crippen molar-refractivity contribution in [3.05, 3.63) is 59.9 Å². The maximum atomic E-state index is 12.3. The molecule has 1 aromatic heterocycles. The summed E-state index contributed by atoms with van der Waals surface area (Å²) in [6, 6.07) is 12.5. The van der Waals surface area contributed by atoms with Crippen molar-refractivity contribution >= 4 is 35.3 Å². The number of rotatable bonds is 11. The Morgan fingerprint density at radius 2 is 1.83 bits per heavy atom. The van der Waals surface area contributed by atoms with E-state index in [1.165, 1.54) is 17.8 Å². The van der Waals surface area contributed by atoms with Gasteiger partial charge in [0.15, 0.2) is 22.5 Å². The second kappa shape index (κ2) is 12.5. The average molecular weight is 498 g/mol. The molecule has 2 amide bonds. The van der Waals surface area contributed by atoms with Crippen molar-refractivity contribution in [3.8, 4) is 17.2 Å². The molecule has 35 heavy (non-hydrogen) atoms. The van der Waals surface area contributed by atoms with Crippen molar-refractivity contribution in [1.82, 2.24) is 20.1 Å². The predicted molar refractivity (Wildman–Crippen MR) is 134 cm³/mol. The second-order valence-corrected chi connectivity index (χ2v) is 8.13. The third-order valence-electron chi connectivity index (χ3n) is 4.87. The summed E-state index contributed by atoms with van der Waals surface area (Å²) in [4.78, 5) is 24.5. The third-order valence-corrected chi connectivity index (χ3v) is 5.89. The zero-order chi connectivity index (χ0) is 25.2. The lowest BCUT2D eigenvalue weighted by molar-refractivity contribution is -0.116. The van der Waals surface area contributed by atoms with Crippen LogP contribution in [0.1, 0.15) is 11.4 Å². The molecule has 0 bridgehead atoms. The molecule has 0 radical (unpaired) electrons. The molecule has 1 heterocycles. The van der Waals surface area contributed by atoms with Gasteiger partial charge in [0, 0.05) is 24.9 Å². The lowest BCUT2D eigenvalue weighted by Crippen LogP contribution is -2.22. The summed E-state index contributed by atoms with van der Waals surface area (Å²) in [7, 11) is 6.47. The summed E-state index contributed by atoms with van der Waals surface area (Å²) >= 11 is 1.25. The highest BCUT2D eigenvalue weighted by molar-refractivity contribution is 7.99. The van der Waals surface area contributed by atoms with Crippen LogP contribution in [0, 0.1) is 0 Å². The first kappa shape index (κ1) is 25.6. The number of aromatic nitrogens is 3. The summed E-state index contributed by atoms with van der Waals surface area (Å²) in [5.74, 6) is 2.11. The molecule has 2 N–H and O–H groups in total. The lowest BCUT2D eigenvalue weighted by atomic mass is 10.2. The quantitative estimate of drug-likeness (QED) is 0.307. The molecular formula is C24H27N5O5S. The molecule has 0 unspecified atom stereocenters. The molecule has 0 aliphatic heterocycles. The van der Waals surface area contributed by atoms with Crippen LogP contribution in [0.25, 0.3) is 6.08 Å². The summed E-state index contributed by atoms with van der Waals surface area (Å²) < 4.78 is 17.4. The minimum atomic E-state index is -0.283. The number of ether oxygens (including phenoxy) is 3. The van der Waals surface area contributed by atoms with Crippen molar-refractivity contribution in [3.63, 3.8) is 0 Å². The minimum Gasteiger partial charge on any atom is -0.497 e. The Morgan fingerprint density at radius 3 is 2.57 bits per heavy atom. The van der Waals surface area contributed by atoms with Crippen LogP contribution in [0.2, 0.25) is 0 Å². The highest BCUT2D eigenvalue weighted by atomic mass is 32.2. The fraction of sp³-hybridized carbons (Fsp3) is 0.250. The Balaban J connectivity index is 1.49. The molecule has 10 nitrogen and oxygen atoms in total. The van der Waals surface area contributed by atoms with Gasteiger partial charge in [-0.05, 0) is 35.9 Å². The van der Waals surface area contributed by atoms with Gasteiger partial charge in [-0.3, -0.25) is 9.59 Å². The van der Waals surface area contributed by atoms with Gasteiger partial charge in [-0.15, -0.1) is 10.2 Å². The largest absolute Gasteiger partial charge is 0.497 e. The van der Waals surface area contributed by atoms with Gasteiger partial charge >= 0.3 is 0 Å². The van der Waals surface area contributed by atoms with Crippen LogP contribution in [-0.4, -0.2) is 53.7 Å². The van der Waals surface area contributed by atoms with Crippen LogP contribution >= 0.6 is 11.8 Å². The zero-order valence-corrected chi connectivity index (χ0v) is 20.7. The summed E-state index contributed by atoms with van der Waals surface area (Å²) in [6.45, 7) is 0.190. The molecule has 0 spiro atoms. The monoisotopic (exact) mass is 497 g/mol. The molecule has 0 atom stereocenters. The molecule has 2 aromatic carbocycles. The van der Waals surface area contributed by atoms with Crippen molar-refractivity contribution in [2.75, 3.05) is 32.4 Å². The average Bonchev–Trinajstić information content (AvgIpc) is 3.23. The van der Waals surface area contributed by atoms with E-state index in [1.54, 1.807) is 75.4 Å². The predicted octanol–water partition coefficient (Wildman–Crippen LogP) is 2.90. The van der Waals surface area contributed by atoms with Crippen LogP contribution in [0.3, 0.4) is 0 Å². The SMILES string of the molecule is COc1cccc(NC(=O)CSc2nnc(CNC(=O)/C=C/c3ccc(OC)c(OC)c3)n2C)c1. The van der Waals surface area contributed by atoms with E-state index >= 15 is 0 Å². The molecule has 0 saturated carbocycles. The van der Waals surface area contributed by atoms with Crippen molar-refractivity contribution in [2.45, 2.75) is 11.7 Å². The molecule has 3 rings (SSSR count). The van der Waals surface area contributed by atoms with Crippen molar-refractivity contribution in [2.24, 2.45) is 7.05 Å². The van der Waals surface area contributed by atoms with Crippen LogP contribution in [0.5, 0.6) is 17.2 Å². The fourth-order valence-electron chi connectivity index (χ4n) is 3.01. The minimum absolute atomic E-state index is 0.156. The molecule has 184 valence electrons. The lowest BCUT2D eigenvalue weighted by Gasteiger charge is -2.08. The number of hydrogen-bond donors (Lipinski definition) is 2. The Labute approximate surface area is 207 Å². The number of thioether (sulfide) groups is 1. The van der Waals surface area contributed by atoms with Crippen LogP contribution in [-0.2, 0) is 23.2 Å². The number of nitrogens with zero attached hydrogens (tertiary/aromatic N) is 3. The smallest absolute Gasteiger partial charge is 0.244 e. The van der Waals surface area contributed by atoms with E-state index in [1.807, 2.05) is 6.07 Å². The van der Waals surface area contributed by atoms with Gasteiger partial charge in [0.1, 0.15) is 5.75 Å². The zero-order valence-electron chi connectivity index (χ0n) is 19.9. The van der Waals surface area contributed by atoms with Gasteiger partial charge in [-0.2, -0.15) is 0 Å². The molecule has 0 saturated heterocycles. The number of carbonyl (C=O) groups is 2. The number of benzene rings is 2. The fourth-order valence-corrected chi connectivity index (χ4v) is 3.74. The maximum Gasteiger partial charge on any atom is 0.244 e. The van der Waals surface area contributed by atoms with E-state index in [-0.39, 0.29) is 24.1 Å². The van der Waals surface area contributed by atoms with Gasteiger partial charge in [-0.1, -0.05) is 23.9 Å². The number of hydrogen-bond acceptors (Lipinski definition) is 8. The number of methoxy groups -OCH3 is 3. The standard InChI is InChI=1S/C24H27N5O5S/c1-29-21(14-25-22(30)11-9-16-8-10-19(33-3)20(12-16)34-4)27-28-24(29)35-15-23(31)26-17-6-5-7-18(13-17)32-2/h5-13H,14-15H2,1-4H3,(H,25,30)(H,26,31)/b11-9+. The Hall–Kier alpha value is -3.99. The Kier molecular flexibility index (Phi) is 9.13. The highest BCUT2D eigenvalue weighted by Crippen LogP contribution is 2.28. The summed E-state index contributed by atoms with van der Waals surface area (Å²) in [6.07, 6.45) is 3.10. The topological polar surface area (TPSA) is 117 Å². The highest BCUT2D eigenvalue weighted by Gasteiger charge is 2.12. The van der Waals surface area contributed by atoms with E-state index in [0.717, 1.165) is 5.56 Å². The molecule has 0 aliphatic carbocycles. The van der Waals surface area contributed by atoms with Gasteiger partial charge in [-0.25, -0.2) is 0 Å². The van der Waals surface area contributed by atoms with E-state index in [0.29, 0.717) is 33.9 Å². The van der Waals surface area contributed by atoms with Gasteiger partial charge in [0.25, 0.3) is 0 Å². The number of anilines is 1.